The molecular formula is C12H11Cl2N3O3. The van der Waals surface area contributed by atoms with E-state index in [0.717, 1.165) is 5.56 Å². The van der Waals surface area contributed by atoms with Crippen molar-refractivity contribution in [2.45, 2.75) is 13.2 Å². The summed E-state index contributed by atoms with van der Waals surface area (Å²) in [5, 5.41) is 17.4. The zero-order chi connectivity index (χ0) is 14.7. The summed E-state index contributed by atoms with van der Waals surface area (Å²) in [6.07, 6.45) is 0. The Balaban J connectivity index is 2.32. The van der Waals surface area contributed by atoms with Gasteiger partial charge in [0, 0.05) is 7.11 Å². The second kappa shape index (κ2) is 6.21. The van der Waals surface area contributed by atoms with Gasteiger partial charge in [0.25, 0.3) is 0 Å². The van der Waals surface area contributed by atoms with Crippen LogP contribution in [0.5, 0.6) is 0 Å². The maximum absolute atomic E-state index is 11.1. The van der Waals surface area contributed by atoms with Gasteiger partial charge >= 0.3 is 5.97 Å². The van der Waals surface area contributed by atoms with Crippen molar-refractivity contribution in [2.24, 2.45) is 0 Å². The maximum Gasteiger partial charge on any atom is 0.358 e. The third-order valence-corrected chi connectivity index (χ3v) is 3.38. The summed E-state index contributed by atoms with van der Waals surface area (Å²) in [6.45, 7) is 0.436. The van der Waals surface area contributed by atoms with E-state index in [9.17, 15) is 4.79 Å². The van der Waals surface area contributed by atoms with Crippen molar-refractivity contribution in [3.63, 3.8) is 0 Å². The summed E-state index contributed by atoms with van der Waals surface area (Å²) >= 11 is 11.8. The van der Waals surface area contributed by atoms with Gasteiger partial charge in [0.1, 0.15) is 0 Å². The first-order valence-corrected chi connectivity index (χ1v) is 6.37. The molecule has 6 nitrogen and oxygen atoms in total. The fourth-order valence-electron chi connectivity index (χ4n) is 1.72. The topological polar surface area (TPSA) is 77.2 Å². The Morgan fingerprint density at radius 1 is 1.40 bits per heavy atom. The number of hydrogen-bond donors (Lipinski definition) is 1. The molecule has 106 valence electrons. The van der Waals surface area contributed by atoms with Gasteiger partial charge in [0.2, 0.25) is 0 Å². The molecule has 1 aromatic carbocycles. The van der Waals surface area contributed by atoms with Crippen molar-refractivity contribution in [2.75, 3.05) is 7.11 Å². The highest BCUT2D eigenvalue weighted by Gasteiger charge is 2.19. The first-order valence-electron chi connectivity index (χ1n) is 5.61. The van der Waals surface area contributed by atoms with Crippen LogP contribution in [0, 0.1) is 0 Å². The zero-order valence-corrected chi connectivity index (χ0v) is 12.0. The van der Waals surface area contributed by atoms with E-state index in [1.54, 1.807) is 18.2 Å². The van der Waals surface area contributed by atoms with E-state index in [1.165, 1.54) is 11.8 Å². The number of carboxylic acids is 1. The maximum atomic E-state index is 11.1. The second-order valence-electron chi connectivity index (χ2n) is 4.03. The van der Waals surface area contributed by atoms with E-state index in [0.29, 0.717) is 22.3 Å². The Bertz CT molecular complexity index is 643. The van der Waals surface area contributed by atoms with Gasteiger partial charge in [0.05, 0.1) is 28.9 Å². The van der Waals surface area contributed by atoms with Crippen LogP contribution in [0.4, 0.5) is 0 Å². The summed E-state index contributed by atoms with van der Waals surface area (Å²) in [7, 11) is 1.47. The normalized spacial score (nSPS) is 10.8. The lowest BCUT2D eigenvalue weighted by atomic mass is 10.2. The van der Waals surface area contributed by atoms with Crippen LogP contribution in [-0.2, 0) is 17.9 Å². The lowest BCUT2D eigenvalue weighted by molar-refractivity contribution is 0.0684. The van der Waals surface area contributed by atoms with E-state index in [1.807, 2.05) is 0 Å². The molecule has 1 N–H and O–H groups in total. The minimum Gasteiger partial charge on any atom is -0.476 e. The van der Waals surface area contributed by atoms with Gasteiger partial charge in [-0.05, 0) is 17.7 Å². The summed E-state index contributed by atoms with van der Waals surface area (Å²) in [6, 6.07) is 5.15. The number of nitrogens with zero attached hydrogens (tertiary/aromatic N) is 3. The fraction of sp³-hybridized carbons (Fsp3) is 0.250. The van der Waals surface area contributed by atoms with Crippen LogP contribution in [0.3, 0.4) is 0 Å². The summed E-state index contributed by atoms with van der Waals surface area (Å²) in [5.74, 6) is -1.14. The van der Waals surface area contributed by atoms with Crippen molar-refractivity contribution in [3.05, 3.63) is 45.2 Å². The lowest BCUT2D eigenvalue weighted by Crippen LogP contribution is -2.10. The minimum absolute atomic E-state index is 0.107. The SMILES string of the molecule is COCc1c(C(=O)O)nnn1Cc1ccc(Cl)c(Cl)c1. The number of rotatable bonds is 5. The number of carbonyl (C=O) groups is 1. The van der Waals surface area contributed by atoms with Crippen LogP contribution in [0.15, 0.2) is 18.2 Å². The molecular weight excluding hydrogens is 305 g/mol. The molecule has 2 aromatic rings. The molecule has 0 amide bonds. The van der Waals surface area contributed by atoms with Gasteiger partial charge in [-0.25, -0.2) is 9.48 Å². The molecule has 2 rings (SSSR count). The summed E-state index contributed by atoms with van der Waals surface area (Å²) < 4.78 is 6.45. The Kier molecular flexibility index (Phi) is 4.59. The fourth-order valence-corrected chi connectivity index (χ4v) is 2.04. The predicted octanol–water partition coefficient (Wildman–Crippen LogP) is 2.48. The Labute approximate surface area is 124 Å². The quantitative estimate of drug-likeness (QED) is 0.917. The number of hydrogen-bond acceptors (Lipinski definition) is 4. The van der Waals surface area contributed by atoms with Crippen molar-refractivity contribution in [1.29, 1.82) is 0 Å². The van der Waals surface area contributed by atoms with Gasteiger partial charge in [-0.1, -0.05) is 34.5 Å². The highest BCUT2D eigenvalue weighted by molar-refractivity contribution is 6.42. The first-order chi connectivity index (χ1) is 9.52. The monoisotopic (exact) mass is 315 g/mol. The molecule has 0 aliphatic carbocycles. The number of methoxy groups -OCH3 is 1. The van der Waals surface area contributed by atoms with Crippen LogP contribution >= 0.6 is 23.2 Å². The Hall–Kier alpha value is -1.63. The number of benzene rings is 1. The zero-order valence-electron chi connectivity index (χ0n) is 10.5. The molecule has 0 saturated carbocycles. The highest BCUT2D eigenvalue weighted by Crippen LogP contribution is 2.23. The van der Waals surface area contributed by atoms with Gasteiger partial charge < -0.3 is 9.84 Å². The average Bonchev–Trinajstić information content (AvgIpc) is 2.78. The molecule has 8 heteroatoms. The number of aromatic nitrogens is 3. The number of carboxylic acid groups (broad SMARTS) is 1. The van der Waals surface area contributed by atoms with Crippen LogP contribution in [0.25, 0.3) is 0 Å². The van der Waals surface area contributed by atoms with E-state index in [2.05, 4.69) is 10.3 Å². The smallest absolute Gasteiger partial charge is 0.358 e. The van der Waals surface area contributed by atoms with Gasteiger partial charge in [-0.15, -0.1) is 5.10 Å². The minimum atomic E-state index is -1.14. The van der Waals surface area contributed by atoms with E-state index in [4.69, 9.17) is 33.0 Å². The molecule has 0 radical (unpaired) electrons. The molecule has 0 bridgehead atoms. The largest absolute Gasteiger partial charge is 0.476 e. The van der Waals surface area contributed by atoms with Gasteiger partial charge in [-0.2, -0.15) is 0 Å². The van der Waals surface area contributed by atoms with Gasteiger partial charge in [-0.3, -0.25) is 0 Å². The molecule has 0 saturated heterocycles. The Morgan fingerprint density at radius 2 is 2.15 bits per heavy atom. The molecule has 0 aliphatic heterocycles. The molecule has 20 heavy (non-hydrogen) atoms. The van der Waals surface area contributed by atoms with Crippen LogP contribution in [0.2, 0.25) is 10.0 Å². The van der Waals surface area contributed by atoms with Gasteiger partial charge in [0.15, 0.2) is 5.69 Å². The van der Waals surface area contributed by atoms with Crippen LogP contribution < -0.4 is 0 Å². The van der Waals surface area contributed by atoms with E-state index in [-0.39, 0.29) is 12.3 Å². The Morgan fingerprint density at radius 3 is 2.75 bits per heavy atom. The standard InChI is InChI=1S/C12H11Cl2N3O3/c1-20-6-10-11(12(18)19)15-16-17(10)5-7-2-3-8(13)9(14)4-7/h2-4H,5-6H2,1H3,(H,18,19). The summed E-state index contributed by atoms with van der Waals surface area (Å²) in [4.78, 5) is 11.1. The number of aromatic carboxylic acids is 1. The number of halogens is 2. The van der Waals surface area contributed by atoms with E-state index < -0.39 is 5.97 Å². The van der Waals surface area contributed by atoms with Crippen molar-refractivity contribution < 1.29 is 14.6 Å². The van der Waals surface area contributed by atoms with Crippen LogP contribution in [0.1, 0.15) is 21.7 Å². The molecule has 0 atom stereocenters. The van der Waals surface area contributed by atoms with Crippen molar-refractivity contribution in [1.82, 2.24) is 15.0 Å². The predicted molar refractivity (Wildman–Crippen MR) is 73.3 cm³/mol. The number of ether oxygens (including phenoxy) is 1. The molecule has 1 heterocycles. The molecule has 1 aromatic heterocycles. The lowest BCUT2D eigenvalue weighted by Gasteiger charge is -2.07. The third kappa shape index (κ3) is 3.09. The molecule has 0 aliphatic rings. The first kappa shape index (κ1) is 14.8. The molecule has 0 spiro atoms. The van der Waals surface area contributed by atoms with E-state index >= 15 is 0 Å². The molecule has 0 unspecified atom stereocenters. The molecule has 0 fully saturated rings. The van der Waals surface area contributed by atoms with Crippen molar-refractivity contribution in [3.8, 4) is 0 Å². The average molecular weight is 316 g/mol. The van der Waals surface area contributed by atoms with Crippen LogP contribution in [-0.4, -0.2) is 33.2 Å². The van der Waals surface area contributed by atoms with Crippen molar-refractivity contribution >= 4 is 29.2 Å². The third-order valence-electron chi connectivity index (χ3n) is 2.64. The highest BCUT2D eigenvalue weighted by atomic mass is 35.5. The second-order valence-corrected chi connectivity index (χ2v) is 4.84. The summed E-state index contributed by atoms with van der Waals surface area (Å²) in [5.41, 5.74) is 1.11.